The predicted molar refractivity (Wildman–Crippen MR) is 47.6 cm³/mol. The Hall–Kier alpha value is -0.180. The van der Waals surface area contributed by atoms with Gasteiger partial charge in [0.2, 0.25) is 6.43 Å². The van der Waals surface area contributed by atoms with Gasteiger partial charge in [-0.2, -0.15) is 0 Å². The highest BCUT2D eigenvalue weighted by atomic mass is 19.3. The second-order valence-electron chi connectivity index (χ2n) is 4.76. The van der Waals surface area contributed by atoms with Gasteiger partial charge in [-0.05, 0) is 38.0 Å². The summed E-state index contributed by atoms with van der Waals surface area (Å²) in [6.07, 6.45) is 3.40. The van der Waals surface area contributed by atoms with Gasteiger partial charge in [-0.3, -0.25) is 0 Å². The second kappa shape index (κ2) is 3.19. The van der Waals surface area contributed by atoms with E-state index in [1.165, 1.54) is 0 Å². The first-order valence-electron chi connectivity index (χ1n) is 5.18. The van der Waals surface area contributed by atoms with Crippen LogP contribution in [0.5, 0.6) is 0 Å². The highest BCUT2D eigenvalue weighted by Crippen LogP contribution is 2.46. The Morgan fingerprint density at radius 2 is 1.92 bits per heavy atom. The van der Waals surface area contributed by atoms with Gasteiger partial charge in [0, 0.05) is 11.5 Å². The third-order valence-electron chi connectivity index (χ3n) is 3.61. The lowest BCUT2D eigenvalue weighted by atomic mass is 9.73. The molecule has 2 saturated carbocycles. The van der Waals surface area contributed by atoms with Gasteiger partial charge in [-0.25, -0.2) is 8.78 Å². The molecule has 2 N–H and O–H groups in total. The number of halogens is 2. The molecule has 0 heterocycles. The van der Waals surface area contributed by atoms with Crippen molar-refractivity contribution in [3.8, 4) is 0 Å². The standard InChI is InChI=1S/C10H17F2N/c11-9(12)8(7-2-1-3-7)6-10(13)4-5-10/h7-9H,1-6,13H2. The maximum absolute atomic E-state index is 12.7. The van der Waals surface area contributed by atoms with Crippen molar-refractivity contribution in [2.45, 2.75) is 50.5 Å². The van der Waals surface area contributed by atoms with E-state index in [4.69, 9.17) is 5.73 Å². The number of hydrogen-bond acceptors (Lipinski definition) is 1. The van der Waals surface area contributed by atoms with Crippen LogP contribution in [0.4, 0.5) is 8.78 Å². The molecule has 0 saturated heterocycles. The van der Waals surface area contributed by atoms with Crippen molar-refractivity contribution in [2.24, 2.45) is 17.6 Å². The SMILES string of the molecule is NC1(CC(C(F)F)C2CCC2)CC1. The number of alkyl halides is 2. The minimum Gasteiger partial charge on any atom is -0.325 e. The summed E-state index contributed by atoms with van der Waals surface area (Å²) in [4.78, 5) is 0. The van der Waals surface area contributed by atoms with Crippen molar-refractivity contribution < 1.29 is 8.78 Å². The fourth-order valence-electron chi connectivity index (χ4n) is 2.16. The van der Waals surface area contributed by atoms with Crippen LogP contribution in [-0.4, -0.2) is 12.0 Å². The molecule has 2 fully saturated rings. The molecule has 3 heteroatoms. The summed E-state index contributed by atoms with van der Waals surface area (Å²) in [5.74, 6) is -0.151. The molecule has 2 aliphatic carbocycles. The third-order valence-corrected chi connectivity index (χ3v) is 3.61. The molecule has 0 aliphatic heterocycles. The highest BCUT2D eigenvalue weighted by Gasteiger charge is 2.45. The summed E-state index contributed by atoms with van der Waals surface area (Å²) >= 11 is 0. The van der Waals surface area contributed by atoms with Gasteiger partial charge < -0.3 is 5.73 Å². The van der Waals surface area contributed by atoms with Gasteiger partial charge in [0.1, 0.15) is 0 Å². The van der Waals surface area contributed by atoms with Crippen molar-refractivity contribution in [3.63, 3.8) is 0 Å². The molecule has 0 bridgehead atoms. The van der Waals surface area contributed by atoms with Crippen LogP contribution in [0.25, 0.3) is 0 Å². The molecule has 13 heavy (non-hydrogen) atoms. The van der Waals surface area contributed by atoms with E-state index in [2.05, 4.69) is 0 Å². The van der Waals surface area contributed by atoms with Gasteiger partial charge in [0.15, 0.2) is 0 Å². The number of nitrogens with two attached hydrogens (primary N) is 1. The highest BCUT2D eigenvalue weighted by molar-refractivity contribution is 5.01. The number of rotatable bonds is 4. The van der Waals surface area contributed by atoms with Gasteiger partial charge in [-0.1, -0.05) is 6.42 Å². The molecular formula is C10H17F2N. The summed E-state index contributed by atoms with van der Waals surface area (Å²) in [7, 11) is 0. The Balaban J connectivity index is 1.88. The first-order valence-corrected chi connectivity index (χ1v) is 5.18. The van der Waals surface area contributed by atoms with Crippen molar-refractivity contribution >= 4 is 0 Å². The minimum atomic E-state index is -2.16. The van der Waals surface area contributed by atoms with Crippen LogP contribution in [0.1, 0.15) is 38.5 Å². The molecular weight excluding hydrogens is 172 g/mol. The molecule has 1 atom stereocenters. The quantitative estimate of drug-likeness (QED) is 0.722. The number of hydrogen-bond donors (Lipinski definition) is 1. The van der Waals surface area contributed by atoms with E-state index in [-0.39, 0.29) is 11.5 Å². The Labute approximate surface area is 77.7 Å². The zero-order valence-electron chi connectivity index (χ0n) is 7.81. The largest absolute Gasteiger partial charge is 0.325 e. The van der Waals surface area contributed by atoms with Crippen LogP contribution in [0.2, 0.25) is 0 Å². The molecule has 2 aliphatic rings. The Bertz CT molecular complexity index is 185. The second-order valence-corrected chi connectivity index (χ2v) is 4.76. The first-order chi connectivity index (χ1) is 6.11. The van der Waals surface area contributed by atoms with Crippen molar-refractivity contribution in [3.05, 3.63) is 0 Å². The smallest absolute Gasteiger partial charge is 0.241 e. The van der Waals surface area contributed by atoms with E-state index >= 15 is 0 Å². The van der Waals surface area contributed by atoms with Crippen molar-refractivity contribution in [1.29, 1.82) is 0 Å². The first kappa shape index (κ1) is 9.38. The summed E-state index contributed by atoms with van der Waals surface area (Å²) < 4.78 is 25.3. The lowest BCUT2D eigenvalue weighted by molar-refractivity contribution is 0.00793. The summed E-state index contributed by atoms with van der Waals surface area (Å²) in [6, 6.07) is 0. The molecule has 1 nitrogen and oxygen atoms in total. The molecule has 0 aromatic carbocycles. The average Bonchev–Trinajstić information content (AvgIpc) is 2.63. The normalized spacial score (nSPS) is 28.6. The fourth-order valence-corrected chi connectivity index (χ4v) is 2.16. The van der Waals surface area contributed by atoms with Gasteiger partial charge in [0.05, 0.1) is 0 Å². The Morgan fingerprint density at radius 1 is 1.31 bits per heavy atom. The lowest BCUT2D eigenvalue weighted by Crippen LogP contribution is -2.35. The van der Waals surface area contributed by atoms with E-state index in [1.807, 2.05) is 0 Å². The van der Waals surface area contributed by atoms with E-state index in [0.717, 1.165) is 32.1 Å². The van der Waals surface area contributed by atoms with E-state index in [0.29, 0.717) is 6.42 Å². The summed E-state index contributed by atoms with van der Waals surface area (Å²) in [6.45, 7) is 0. The Kier molecular flexibility index (Phi) is 2.30. The van der Waals surface area contributed by atoms with Crippen molar-refractivity contribution in [1.82, 2.24) is 0 Å². The maximum Gasteiger partial charge on any atom is 0.241 e. The monoisotopic (exact) mass is 189 g/mol. The summed E-state index contributed by atoms with van der Waals surface area (Å²) in [5, 5.41) is 0. The summed E-state index contributed by atoms with van der Waals surface area (Å²) in [5.41, 5.74) is 5.66. The van der Waals surface area contributed by atoms with Crippen LogP contribution < -0.4 is 5.73 Å². The molecule has 1 unspecified atom stereocenters. The van der Waals surface area contributed by atoms with Crippen LogP contribution in [-0.2, 0) is 0 Å². The fraction of sp³-hybridized carbons (Fsp3) is 1.00. The molecule has 0 aromatic rings. The topological polar surface area (TPSA) is 26.0 Å². The van der Waals surface area contributed by atoms with Crippen molar-refractivity contribution in [2.75, 3.05) is 0 Å². The van der Waals surface area contributed by atoms with E-state index < -0.39 is 12.3 Å². The zero-order chi connectivity index (χ0) is 9.47. The van der Waals surface area contributed by atoms with Crippen LogP contribution in [0, 0.1) is 11.8 Å². The minimum absolute atomic E-state index is 0.212. The third kappa shape index (κ3) is 2.01. The van der Waals surface area contributed by atoms with Gasteiger partial charge in [-0.15, -0.1) is 0 Å². The average molecular weight is 189 g/mol. The Morgan fingerprint density at radius 3 is 2.23 bits per heavy atom. The van der Waals surface area contributed by atoms with Gasteiger partial charge in [0.25, 0.3) is 0 Å². The molecule has 76 valence electrons. The molecule has 0 amide bonds. The molecule has 0 radical (unpaired) electrons. The van der Waals surface area contributed by atoms with E-state index in [9.17, 15) is 8.78 Å². The van der Waals surface area contributed by atoms with E-state index in [1.54, 1.807) is 0 Å². The zero-order valence-corrected chi connectivity index (χ0v) is 7.81. The molecule has 0 spiro atoms. The van der Waals surface area contributed by atoms with Gasteiger partial charge >= 0.3 is 0 Å². The van der Waals surface area contributed by atoms with Crippen LogP contribution in [0.15, 0.2) is 0 Å². The molecule has 2 rings (SSSR count). The lowest BCUT2D eigenvalue weighted by Gasteiger charge is -2.34. The van der Waals surface area contributed by atoms with Crippen LogP contribution >= 0.6 is 0 Å². The maximum atomic E-state index is 12.7. The predicted octanol–water partition coefficient (Wildman–Crippen LogP) is 2.55. The van der Waals surface area contributed by atoms with Crippen LogP contribution in [0.3, 0.4) is 0 Å². The molecule has 0 aromatic heterocycles.